The molecule has 0 saturated heterocycles. The lowest BCUT2D eigenvalue weighted by Gasteiger charge is -2.53. The monoisotopic (exact) mass is 312 g/mol. The van der Waals surface area contributed by atoms with Crippen molar-refractivity contribution in [2.75, 3.05) is 0 Å². The molecule has 2 saturated carbocycles. The van der Waals surface area contributed by atoms with Gasteiger partial charge in [0.2, 0.25) is 0 Å². The summed E-state index contributed by atoms with van der Waals surface area (Å²) in [5.41, 5.74) is 3.81. The highest BCUT2D eigenvalue weighted by molar-refractivity contribution is 5.91. The molecule has 0 aromatic rings. The molecule has 5 unspecified atom stereocenters. The van der Waals surface area contributed by atoms with Gasteiger partial charge in [-0.15, -0.1) is 0 Å². The van der Waals surface area contributed by atoms with Gasteiger partial charge in [-0.05, 0) is 86.5 Å². The van der Waals surface area contributed by atoms with Crippen molar-refractivity contribution >= 4 is 5.78 Å². The van der Waals surface area contributed by atoms with Crippen LogP contribution < -0.4 is 0 Å². The molecule has 0 spiro atoms. The van der Waals surface area contributed by atoms with Gasteiger partial charge in [0.1, 0.15) is 0 Å². The highest BCUT2D eigenvalue weighted by atomic mass is 16.1. The molecular formula is C22H32O. The Balaban J connectivity index is 1.55. The predicted octanol–water partition coefficient (Wildman–Crippen LogP) is 5.85. The van der Waals surface area contributed by atoms with Crippen molar-refractivity contribution in [3.05, 3.63) is 23.3 Å². The van der Waals surface area contributed by atoms with Gasteiger partial charge >= 0.3 is 0 Å². The quantitative estimate of drug-likeness (QED) is 0.597. The van der Waals surface area contributed by atoms with Crippen molar-refractivity contribution in [1.82, 2.24) is 0 Å². The molecular weight excluding hydrogens is 280 g/mol. The van der Waals surface area contributed by atoms with E-state index in [1.807, 2.05) is 6.08 Å². The molecule has 0 amide bonds. The summed E-state index contributed by atoms with van der Waals surface area (Å²) >= 11 is 0. The predicted molar refractivity (Wildman–Crippen MR) is 95.1 cm³/mol. The van der Waals surface area contributed by atoms with Crippen LogP contribution in [0.15, 0.2) is 23.3 Å². The Bertz CT molecular complexity index is 554. The van der Waals surface area contributed by atoms with E-state index in [1.165, 1.54) is 56.9 Å². The summed E-state index contributed by atoms with van der Waals surface area (Å²) in [4.78, 5) is 11.8. The number of carbonyl (C=O) groups excluding carboxylic acids is 1. The number of carbonyl (C=O) groups is 1. The maximum atomic E-state index is 11.8. The Morgan fingerprint density at radius 2 is 2.04 bits per heavy atom. The van der Waals surface area contributed by atoms with Gasteiger partial charge in [0.05, 0.1) is 0 Å². The first-order chi connectivity index (χ1) is 11.1. The van der Waals surface area contributed by atoms with E-state index < -0.39 is 0 Å². The van der Waals surface area contributed by atoms with Crippen LogP contribution in [0.3, 0.4) is 0 Å². The average Bonchev–Trinajstić information content (AvgIpc) is 2.89. The fraction of sp³-hybridized carbons (Fsp3) is 0.773. The fourth-order valence-electron chi connectivity index (χ4n) is 6.59. The number of ketones is 1. The maximum Gasteiger partial charge on any atom is 0.155 e. The third kappa shape index (κ3) is 2.46. The molecule has 4 rings (SSSR count). The van der Waals surface area contributed by atoms with E-state index in [0.717, 1.165) is 36.5 Å². The van der Waals surface area contributed by atoms with E-state index in [1.54, 1.807) is 5.57 Å². The summed E-state index contributed by atoms with van der Waals surface area (Å²) in [5.74, 6) is 3.82. The second-order valence-electron chi connectivity index (χ2n) is 8.83. The van der Waals surface area contributed by atoms with E-state index >= 15 is 0 Å². The number of allylic oxidation sites excluding steroid dienone is 4. The van der Waals surface area contributed by atoms with Gasteiger partial charge < -0.3 is 0 Å². The van der Waals surface area contributed by atoms with Crippen molar-refractivity contribution in [3.63, 3.8) is 0 Å². The summed E-state index contributed by atoms with van der Waals surface area (Å²) in [5, 5.41) is 0. The molecule has 0 radical (unpaired) electrons. The molecule has 5 atom stereocenters. The zero-order valence-electron chi connectivity index (χ0n) is 14.9. The normalized spacial score (nSPS) is 42.4. The van der Waals surface area contributed by atoms with Gasteiger partial charge in [0.25, 0.3) is 0 Å². The molecule has 0 bridgehead atoms. The Labute approximate surface area is 141 Å². The Morgan fingerprint density at radius 3 is 2.87 bits per heavy atom. The summed E-state index contributed by atoms with van der Waals surface area (Å²) < 4.78 is 0. The highest BCUT2D eigenvalue weighted by Gasteiger charge is 2.53. The topological polar surface area (TPSA) is 17.1 Å². The molecule has 0 heterocycles. The van der Waals surface area contributed by atoms with Crippen LogP contribution in [-0.2, 0) is 4.79 Å². The summed E-state index contributed by atoms with van der Waals surface area (Å²) in [6.07, 6.45) is 17.3. The van der Waals surface area contributed by atoms with Crippen molar-refractivity contribution in [2.45, 2.75) is 78.1 Å². The van der Waals surface area contributed by atoms with E-state index in [2.05, 4.69) is 19.9 Å². The first-order valence-electron chi connectivity index (χ1n) is 10.1. The fourth-order valence-corrected chi connectivity index (χ4v) is 6.59. The zero-order chi connectivity index (χ0) is 16.0. The minimum Gasteiger partial charge on any atom is -0.295 e. The number of hydrogen-bond donors (Lipinski definition) is 0. The first-order valence-corrected chi connectivity index (χ1v) is 10.1. The van der Waals surface area contributed by atoms with Crippen LogP contribution in [0.1, 0.15) is 78.1 Å². The van der Waals surface area contributed by atoms with Crippen LogP contribution in [0.2, 0.25) is 0 Å². The molecule has 23 heavy (non-hydrogen) atoms. The Morgan fingerprint density at radius 1 is 1.17 bits per heavy atom. The maximum absolute atomic E-state index is 11.8. The molecule has 2 fully saturated rings. The molecule has 1 nitrogen and oxygen atoms in total. The van der Waals surface area contributed by atoms with Crippen LogP contribution >= 0.6 is 0 Å². The lowest BCUT2D eigenvalue weighted by atomic mass is 9.51. The van der Waals surface area contributed by atoms with E-state index in [9.17, 15) is 4.79 Å². The molecule has 4 aliphatic carbocycles. The molecule has 0 aliphatic heterocycles. The molecule has 0 N–H and O–H groups in total. The average molecular weight is 312 g/mol. The first kappa shape index (κ1) is 15.7. The smallest absolute Gasteiger partial charge is 0.155 e. The molecule has 1 heteroatoms. The number of hydrogen-bond acceptors (Lipinski definition) is 1. The lowest BCUT2D eigenvalue weighted by molar-refractivity contribution is -0.116. The van der Waals surface area contributed by atoms with Crippen molar-refractivity contribution in [3.8, 4) is 0 Å². The van der Waals surface area contributed by atoms with Crippen LogP contribution in [0.5, 0.6) is 0 Å². The highest BCUT2D eigenvalue weighted by Crippen LogP contribution is 2.62. The van der Waals surface area contributed by atoms with Gasteiger partial charge in [-0.3, -0.25) is 4.79 Å². The molecule has 4 aliphatic rings. The van der Waals surface area contributed by atoms with Crippen molar-refractivity contribution in [2.24, 2.45) is 29.1 Å². The number of fused-ring (bicyclic) bond motifs is 5. The van der Waals surface area contributed by atoms with Crippen molar-refractivity contribution < 1.29 is 4.79 Å². The molecule has 0 aromatic heterocycles. The standard InChI is InChI=1S/C22H32O/c1-3-4-5-16-7-11-21-20-9-6-15-14-17(23)8-10-18(15)19(20)12-13-22(16,21)2/h7,14,18-21H,3-6,8-13H2,1-2H3. The second kappa shape index (κ2) is 5.90. The minimum atomic E-state index is 0.389. The van der Waals surface area contributed by atoms with Crippen LogP contribution in [0.25, 0.3) is 0 Å². The van der Waals surface area contributed by atoms with E-state index in [4.69, 9.17) is 0 Å². The summed E-state index contributed by atoms with van der Waals surface area (Å²) in [6.45, 7) is 4.89. The van der Waals surface area contributed by atoms with Crippen molar-refractivity contribution in [1.29, 1.82) is 0 Å². The van der Waals surface area contributed by atoms with Gasteiger partial charge in [-0.1, -0.05) is 37.5 Å². The summed E-state index contributed by atoms with van der Waals surface area (Å²) in [7, 11) is 0. The zero-order valence-corrected chi connectivity index (χ0v) is 14.9. The molecule has 126 valence electrons. The van der Waals surface area contributed by atoms with E-state index in [-0.39, 0.29) is 0 Å². The Hall–Kier alpha value is -0.850. The van der Waals surface area contributed by atoms with Crippen LogP contribution in [0, 0.1) is 29.1 Å². The van der Waals surface area contributed by atoms with Gasteiger partial charge in [-0.2, -0.15) is 0 Å². The van der Waals surface area contributed by atoms with E-state index in [0.29, 0.717) is 11.2 Å². The summed E-state index contributed by atoms with van der Waals surface area (Å²) in [6, 6.07) is 0. The second-order valence-corrected chi connectivity index (χ2v) is 8.83. The van der Waals surface area contributed by atoms with Gasteiger partial charge in [0.15, 0.2) is 5.78 Å². The molecule has 0 aromatic carbocycles. The minimum absolute atomic E-state index is 0.389. The lowest BCUT2D eigenvalue weighted by Crippen LogP contribution is -2.45. The largest absolute Gasteiger partial charge is 0.295 e. The van der Waals surface area contributed by atoms with Gasteiger partial charge in [0, 0.05) is 6.42 Å². The van der Waals surface area contributed by atoms with Crippen LogP contribution in [-0.4, -0.2) is 5.78 Å². The third-order valence-electron chi connectivity index (χ3n) is 7.84. The SMILES string of the molecule is CCCCC1=CCC2C3CCC4=CC(=O)CCC4C3CCC12C. The third-order valence-corrected chi connectivity index (χ3v) is 7.84. The van der Waals surface area contributed by atoms with Crippen LogP contribution in [0.4, 0.5) is 0 Å². The number of rotatable bonds is 3. The number of unbranched alkanes of at least 4 members (excludes halogenated alkanes) is 1. The Kier molecular flexibility index (Phi) is 4.02. The van der Waals surface area contributed by atoms with Gasteiger partial charge in [-0.25, -0.2) is 0 Å².